The molecule has 1 aromatic carbocycles. The maximum Gasteiger partial charge on any atom is 0.246 e. The SMILES string of the molecule is CN(CC(=O)NC1CC1)S(=O)(=O)c1cc(N)cc(F)c1F. The van der Waals surface area contributed by atoms with Crippen LogP contribution in [0, 0.1) is 11.6 Å². The minimum absolute atomic E-state index is 0.0788. The Bertz CT molecular complexity index is 675. The van der Waals surface area contributed by atoms with Gasteiger partial charge >= 0.3 is 0 Å². The zero-order valence-electron chi connectivity index (χ0n) is 11.3. The Morgan fingerprint density at radius 3 is 2.62 bits per heavy atom. The van der Waals surface area contributed by atoms with Gasteiger partial charge in [-0.3, -0.25) is 4.79 Å². The average Bonchev–Trinajstić information content (AvgIpc) is 3.17. The molecule has 0 aliphatic heterocycles. The maximum atomic E-state index is 13.7. The van der Waals surface area contributed by atoms with Crippen LogP contribution < -0.4 is 11.1 Å². The molecule has 1 amide bonds. The summed E-state index contributed by atoms with van der Waals surface area (Å²) in [7, 11) is -3.23. The van der Waals surface area contributed by atoms with Gasteiger partial charge in [-0.2, -0.15) is 4.31 Å². The van der Waals surface area contributed by atoms with Crippen LogP contribution >= 0.6 is 0 Å². The highest BCUT2D eigenvalue weighted by atomic mass is 32.2. The number of likely N-dealkylation sites (N-methyl/N-ethyl adjacent to an activating group) is 1. The molecule has 3 N–H and O–H groups in total. The number of nitrogen functional groups attached to an aromatic ring is 1. The standard InChI is InChI=1S/C12H15F2N3O3S/c1-17(6-11(18)16-8-2-3-8)21(19,20)10-5-7(15)4-9(13)12(10)14/h4-5,8H,2-3,6,15H2,1H3,(H,16,18). The lowest BCUT2D eigenvalue weighted by Crippen LogP contribution is -2.39. The van der Waals surface area contributed by atoms with Crippen molar-refractivity contribution in [2.24, 2.45) is 0 Å². The third kappa shape index (κ3) is 3.48. The number of hydrogen-bond donors (Lipinski definition) is 2. The molecule has 0 spiro atoms. The van der Waals surface area contributed by atoms with Gasteiger partial charge in [0.1, 0.15) is 4.90 Å². The van der Waals surface area contributed by atoms with Crippen molar-refractivity contribution < 1.29 is 22.0 Å². The second kappa shape index (κ2) is 5.57. The Labute approximate surface area is 121 Å². The molecular formula is C12H15F2N3O3S. The first kappa shape index (κ1) is 15.6. The summed E-state index contributed by atoms with van der Waals surface area (Å²) < 4.78 is 51.9. The Morgan fingerprint density at radius 2 is 2.05 bits per heavy atom. The Morgan fingerprint density at radius 1 is 1.43 bits per heavy atom. The summed E-state index contributed by atoms with van der Waals surface area (Å²) in [5, 5.41) is 2.61. The lowest BCUT2D eigenvalue weighted by molar-refractivity contribution is -0.121. The van der Waals surface area contributed by atoms with Crippen LogP contribution in [0.15, 0.2) is 17.0 Å². The quantitative estimate of drug-likeness (QED) is 0.771. The molecule has 1 aromatic rings. The van der Waals surface area contributed by atoms with E-state index in [1.807, 2.05) is 0 Å². The van der Waals surface area contributed by atoms with Gasteiger partial charge in [0.15, 0.2) is 11.6 Å². The van der Waals surface area contributed by atoms with E-state index in [1.54, 1.807) is 0 Å². The van der Waals surface area contributed by atoms with E-state index >= 15 is 0 Å². The molecule has 1 fully saturated rings. The van der Waals surface area contributed by atoms with Crippen molar-refractivity contribution in [1.29, 1.82) is 0 Å². The summed E-state index contributed by atoms with van der Waals surface area (Å²) in [6.07, 6.45) is 1.72. The van der Waals surface area contributed by atoms with E-state index in [9.17, 15) is 22.0 Å². The molecule has 0 aromatic heterocycles. The van der Waals surface area contributed by atoms with Crippen molar-refractivity contribution in [2.75, 3.05) is 19.3 Å². The van der Waals surface area contributed by atoms with Gasteiger partial charge in [0.2, 0.25) is 15.9 Å². The largest absolute Gasteiger partial charge is 0.399 e. The van der Waals surface area contributed by atoms with Crippen LogP contribution in [0.2, 0.25) is 0 Å². The highest BCUT2D eigenvalue weighted by Crippen LogP contribution is 2.24. The number of sulfonamides is 1. The first-order chi connectivity index (χ1) is 9.71. The minimum atomic E-state index is -4.35. The molecule has 9 heteroatoms. The predicted molar refractivity (Wildman–Crippen MR) is 71.8 cm³/mol. The zero-order chi connectivity index (χ0) is 15.8. The number of nitrogens with two attached hydrogens (primary N) is 1. The van der Waals surface area contributed by atoms with E-state index in [0.717, 1.165) is 26.0 Å². The van der Waals surface area contributed by atoms with Crippen molar-refractivity contribution in [2.45, 2.75) is 23.8 Å². The monoisotopic (exact) mass is 319 g/mol. The van der Waals surface area contributed by atoms with Gasteiger partial charge in [0.05, 0.1) is 6.54 Å². The third-order valence-electron chi connectivity index (χ3n) is 3.01. The Hall–Kier alpha value is -1.74. The summed E-state index contributed by atoms with van der Waals surface area (Å²) >= 11 is 0. The summed E-state index contributed by atoms with van der Waals surface area (Å²) in [5.41, 5.74) is 5.11. The van der Waals surface area contributed by atoms with Gasteiger partial charge in [-0.05, 0) is 25.0 Å². The number of hydrogen-bond acceptors (Lipinski definition) is 4. The van der Waals surface area contributed by atoms with E-state index < -0.39 is 39.0 Å². The zero-order valence-corrected chi connectivity index (χ0v) is 12.1. The van der Waals surface area contributed by atoms with Crippen molar-refractivity contribution in [3.8, 4) is 0 Å². The molecule has 6 nitrogen and oxygen atoms in total. The molecule has 0 atom stereocenters. The lowest BCUT2D eigenvalue weighted by Gasteiger charge is -2.17. The van der Waals surface area contributed by atoms with Crippen LogP contribution in [0.1, 0.15) is 12.8 Å². The van der Waals surface area contributed by atoms with Gasteiger partial charge in [-0.15, -0.1) is 0 Å². The summed E-state index contributed by atoms with van der Waals surface area (Å²) in [4.78, 5) is 10.7. The number of rotatable bonds is 5. The van der Waals surface area contributed by atoms with Gasteiger partial charge in [0.25, 0.3) is 0 Å². The molecule has 116 valence electrons. The topological polar surface area (TPSA) is 92.5 Å². The molecule has 2 rings (SSSR count). The van der Waals surface area contributed by atoms with E-state index in [1.165, 1.54) is 0 Å². The van der Waals surface area contributed by atoms with E-state index in [4.69, 9.17) is 5.73 Å². The predicted octanol–water partition coefficient (Wildman–Crippen LogP) is 0.446. The van der Waals surface area contributed by atoms with Crippen LogP contribution in [0.5, 0.6) is 0 Å². The molecule has 0 saturated heterocycles. The highest BCUT2D eigenvalue weighted by Gasteiger charge is 2.30. The average molecular weight is 319 g/mol. The number of nitrogens with one attached hydrogen (secondary N) is 1. The normalized spacial score (nSPS) is 15.2. The van der Waals surface area contributed by atoms with Crippen molar-refractivity contribution >= 4 is 21.6 Å². The molecule has 21 heavy (non-hydrogen) atoms. The number of amides is 1. The van der Waals surface area contributed by atoms with Crippen LogP contribution in [0.4, 0.5) is 14.5 Å². The van der Waals surface area contributed by atoms with E-state index in [-0.39, 0.29) is 11.7 Å². The van der Waals surface area contributed by atoms with Gasteiger partial charge in [-0.1, -0.05) is 0 Å². The van der Waals surface area contributed by atoms with Crippen LogP contribution in [0.3, 0.4) is 0 Å². The number of anilines is 1. The summed E-state index contributed by atoms with van der Waals surface area (Å²) in [5.74, 6) is -3.36. The molecule has 1 saturated carbocycles. The maximum absolute atomic E-state index is 13.7. The molecular weight excluding hydrogens is 304 g/mol. The van der Waals surface area contributed by atoms with Crippen LogP contribution in [0.25, 0.3) is 0 Å². The highest BCUT2D eigenvalue weighted by molar-refractivity contribution is 7.89. The van der Waals surface area contributed by atoms with E-state index in [2.05, 4.69) is 5.32 Å². The fourth-order valence-corrected chi connectivity index (χ4v) is 2.96. The molecule has 0 unspecified atom stereocenters. The lowest BCUT2D eigenvalue weighted by atomic mass is 10.3. The second-order valence-electron chi connectivity index (χ2n) is 4.92. The van der Waals surface area contributed by atoms with Crippen molar-refractivity contribution in [3.05, 3.63) is 23.8 Å². The number of benzene rings is 1. The van der Waals surface area contributed by atoms with Gasteiger partial charge in [0, 0.05) is 18.8 Å². The molecule has 1 aliphatic carbocycles. The number of halogens is 2. The summed E-state index contributed by atoms with van der Waals surface area (Å²) in [6.45, 7) is -0.477. The van der Waals surface area contributed by atoms with Crippen LogP contribution in [-0.2, 0) is 14.8 Å². The van der Waals surface area contributed by atoms with E-state index in [0.29, 0.717) is 10.4 Å². The Kier molecular flexibility index (Phi) is 4.15. The fourth-order valence-electron chi connectivity index (χ4n) is 1.73. The number of carbonyl (C=O) groups is 1. The number of nitrogens with zero attached hydrogens (tertiary/aromatic N) is 1. The summed E-state index contributed by atoms with van der Waals surface area (Å²) in [6, 6.07) is 1.59. The molecule has 0 radical (unpaired) electrons. The van der Waals surface area contributed by atoms with Gasteiger partial charge < -0.3 is 11.1 Å². The fraction of sp³-hybridized carbons (Fsp3) is 0.417. The second-order valence-corrected chi connectivity index (χ2v) is 6.93. The first-order valence-electron chi connectivity index (χ1n) is 6.22. The smallest absolute Gasteiger partial charge is 0.246 e. The number of carbonyl (C=O) groups excluding carboxylic acids is 1. The van der Waals surface area contributed by atoms with Gasteiger partial charge in [-0.25, -0.2) is 17.2 Å². The minimum Gasteiger partial charge on any atom is -0.399 e. The molecule has 1 aliphatic rings. The molecule has 0 bridgehead atoms. The van der Waals surface area contributed by atoms with Crippen molar-refractivity contribution in [1.82, 2.24) is 9.62 Å². The van der Waals surface area contributed by atoms with Crippen molar-refractivity contribution in [3.63, 3.8) is 0 Å². The molecule has 0 heterocycles. The Balaban J connectivity index is 2.22. The van der Waals surface area contributed by atoms with Crippen LogP contribution in [-0.4, -0.2) is 38.3 Å². The third-order valence-corrected chi connectivity index (χ3v) is 4.82. The first-order valence-corrected chi connectivity index (χ1v) is 7.66.